The van der Waals surface area contributed by atoms with Gasteiger partial charge >= 0.3 is 0 Å². The molecule has 0 aromatic heterocycles. The summed E-state index contributed by atoms with van der Waals surface area (Å²) < 4.78 is 0. The maximum absolute atomic E-state index is 3.29. The van der Waals surface area contributed by atoms with E-state index in [2.05, 4.69) is 29.6 Å². The third kappa shape index (κ3) is 1.27. The molecule has 55 valence electrons. The Hall–Kier alpha value is -1.24. The van der Waals surface area contributed by atoms with Crippen molar-refractivity contribution in [2.45, 2.75) is 12.5 Å². The molecule has 0 spiro atoms. The summed E-state index contributed by atoms with van der Waals surface area (Å²) in [6.45, 7) is 0. The Morgan fingerprint density at radius 3 is 3.45 bits per heavy atom. The van der Waals surface area contributed by atoms with Gasteiger partial charge in [-0.3, -0.25) is 0 Å². The van der Waals surface area contributed by atoms with E-state index in [1.807, 2.05) is 18.4 Å². The molecule has 1 N–H and O–H groups in total. The van der Waals surface area contributed by atoms with E-state index in [1.165, 1.54) is 5.57 Å². The first-order valence-electron chi connectivity index (χ1n) is 3.84. The number of nitrogens with one attached hydrogen (secondary N) is 1. The fraction of sp³-hybridized carbons (Fsp3) is 0.200. The van der Waals surface area contributed by atoms with Crippen molar-refractivity contribution in [1.82, 2.24) is 5.32 Å². The second-order valence-electron chi connectivity index (χ2n) is 2.68. The summed E-state index contributed by atoms with van der Waals surface area (Å²) in [6.07, 6.45) is 16.5. The Morgan fingerprint density at radius 2 is 2.45 bits per heavy atom. The number of rotatable bonds is 0. The van der Waals surface area contributed by atoms with Crippen molar-refractivity contribution in [3.05, 3.63) is 48.2 Å². The van der Waals surface area contributed by atoms with Gasteiger partial charge in [-0.15, -0.1) is 0 Å². The zero-order chi connectivity index (χ0) is 7.52. The van der Waals surface area contributed by atoms with E-state index >= 15 is 0 Å². The van der Waals surface area contributed by atoms with Gasteiger partial charge in [-0.05, 0) is 30.3 Å². The molecule has 1 heterocycles. The number of allylic oxidation sites excluding steroid dienone is 4. The van der Waals surface area contributed by atoms with Crippen LogP contribution in [0, 0.1) is 6.08 Å². The Balaban J connectivity index is 2.27. The SMILES string of the molecule is [C]1=CC=CNC2CC=CC=C12. The highest BCUT2D eigenvalue weighted by molar-refractivity contribution is 5.32. The van der Waals surface area contributed by atoms with Crippen LogP contribution in [-0.4, -0.2) is 6.04 Å². The zero-order valence-electron chi connectivity index (χ0n) is 6.25. The lowest BCUT2D eigenvalue weighted by Crippen LogP contribution is -2.25. The molecule has 0 aromatic carbocycles. The average Bonchev–Trinajstić information content (AvgIpc) is 2.28. The molecular formula is C10H10N. The van der Waals surface area contributed by atoms with Gasteiger partial charge < -0.3 is 5.32 Å². The van der Waals surface area contributed by atoms with Crippen LogP contribution in [0.3, 0.4) is 0 Å². The Morgan fingerprint density at radius 1 is 1.45 bits per heavy atom. The molecule has 0 saturated carbocycles. The lowest BCUT2D eigenvalue weighted by atomic mass is 9.99. The molecular weight excluding hydrogens is 134 g/mol. The molecule has 0 bridgehead atoms. The molecule has 11 heavy (non-hydrogen) atoms. The van der Waals surface area contributed by atoms with Crippen LogP contribution in [0.25, 0.3) is 0 Å². The molecule has 0 fully saturated rings. The van der Waals surface area contributed by atoms with E-state index in [4.69, 9.17) is 0 Å². The predicted octanol–water partition coefficient (Wildman–Crippen LogP) is 1.72. The molecule has 1 radical (unpaired) electrons. The second-order valence-corrected chi connectivity index (χ2v) is 2.68. The summed E-state index contributed by atoms with van der Waals surface area (Å²) in [6, 6.07) is 0.440. The normalized spacial score (nSPS) is 26.9. The molecule has 2 aliphatic rings. The largest absolute Gasteiger partial charge is 0.384 e. The maximum Gasteiger partial charge on any atom is 0.0548 e. The van der Waals surface area contributed by atoms with Crippen LogP contribution >= 0.6 is 0 Å². The van der Waals surface area contributed by atoms with Crippen LogP contribution in [-0.2, 0) is 0 Å². The summed E-state index contributed by atoms with van der Waals surface area (Å²) in [5.74, 6) is 0. The van der Waals surface area contributed by atoms with Crippen molar-refractivity contribution in [2.75, 3.05) is 0 Å². The van der Waals surface area contributed by atoms with Gasteiger partial charge in [0.15, 0.2) is 0 Å². The van der Waals surface area contributed by atoms with Gasteiger partial charge in [0.05, 0.1) is 6.04 Å². The van der Waals surface area contributed by atoms with Gasteiger partial charge in [0.2, 0.25) is 0 Å². The summed E-state index contributed by atoms with van der Waals surface area (Å²) >= 11 is 0. The van der Waals surface area contributed by atoms with Crippen molar-refractivity contribution in [2.24, 2.45) is 0 Å². The fourth-order valence-electron chi connectivity index (χ4n) is 1.30. The van der Waals surface area contributed by atoms with E-state index in [0.717, 1.165) is 6.42 Å². The van der Waals surface area contributed by atoms with Crippen LogP contribution in [0.5, 0.6) is 0 Å². The molecule has 1 aliphatic heterocycles. The molecule has 1 nitrogen and oxygen atoms in total. The molecule has 1 unspecified atom stereocenters. The smallest absolute Gasteiger partial charge is 0.0548 e. The van der Waals surface area contributed by atoms with E-state index in [0.29, 0.717) is 6.04 Å². The summed E-state index contributed by atoms with van der Waals surface area (Å²) in [5.41, 5.74) is 1.25. The zero-order valence-corrected chi connectivity index (χ0v) is 6.25. The summed E-state index contributed by atoms with van der Waals surface area (Å²) in [4.78, 5) is 0. The van der Waals surface area contributed by atoms with Crippen molar-refractivity contribution >= 4 is 0 Å². The van der Waals surface area contributed by atoms with E-state index in [1.54, 1.807) is 0 Å². The van der Waals surface area contributed by atoms with Gasteiger partial charge in [-0.2, -0.15) is 0 Å². The minimum Gasteiger partial charge on any atom is -0.384 e. The van der Waals surface area contributed by atoms with Crippen LogP contribution in [0.2, 0.25) is 0 Å². The third-order valence-corrected chi connectivity index (χ3v) is 1.90. The highest BCUT2D eigenvalue weighted by atomic mass is 14.9. The van der Waals surface area contributed by atoms with Gasteiger partial charge in [0.1, 0.15) is 0 Å². The lowest BCUT2D eigenvalue weighted by Gasteiger charge is -2.17. The molecule has 1 heteroatoms. The predicted molar refractivity (Wildman–Crippen MR) is 45.7 cm³/mol. The van der Waals surface area contributed by atoms with Crippen LogP contribution < -0.4 is 5.32 Å². The first-order valence-corrected chi connectivity index (χ1v) is 3.84. The fourth-order valence-corrected chi connectivity index (χ4v) is 1.30. The van der Waals surface area contributed by atoms with Gasteiger partial charge in [0.25, 0.3) is 0 Å². The summed E-state index contributed by atoms with van der Waals surface area (Å²) in [5, 5.41) is 3.29. The Kier molecular flexibility index (Phi) is 1.64. The lowest BCUT2D eigenvalue weighted by molar-refractivity contribution is 0.680. The van der Waals surface area contributed by atoms with E-state index < -0.39 is 0 Å². The molecule has 2 rings (SSSR count). The first-order chi connectivity index (χ1) is 5.47. The average molecular weight is 144 g/mol. The van der Waals surface area contributed by atoms with Crippen molar-refractivity contribution in [3.8, 4) is 0 Å². The van der Waals surface area contributed by atoms with Crippen LogP contribution in [0.15, 0.2) is 42.2 Å². The minimum atomic E-state index is 0.440. The standard InChI is InChI=1S/C10H10N/c1-2-7-10-9(5-1)6-3-4-8-11-10/h1-5,8,10-11H,7H2. The number of hydrogen-bond acceptors (Lipinski definition) is 1. The first kappa shape index (κ1) is 6.47. The Bertz CT molecular complexity index is 254. The quantitative estimate of drug-likeness (QED) is 0.546. The van der Waals surface area contributed by atoms with E-state index in [-0.39, 0.29) is 0 Å². The van der Waals surface area contributed by atoms with Gasteiger partial charge in [-0.25, -0.2) is 0 Å². The van der Waals surface area contributed by atoms with Crippen LogP contribution in [0.4, 0.5) is 0 Å². The Labute approximate surface area is 66.8 Å². The summed E-state index contributed by atoms with van der Waals surface area (Å²) in [7, 11) is 0. The molecule has 0 saturated heterocycles. The van der Waals surface area contributed by atoms with Crippen molar-refractivity contribution < 1.29 is 0 Å². The highest BCUT2D eigenvalue weighted by Gasteiger charge is 2.11. The van der Waals surface area contributed by atoms with Crippen LogP contribution in [0.1, 0.15) is 6.42 Å². The monoisotopic (exact) mass is 144 g/mol. The third-order valence-electron chi connectivity index (χ3n) is 1.90. The number of hydrogen-bond donors (Lipinski definition) is 1. The topological polar surface area (TPSA) is 12.0 Å². The molecule has 0 amide bonds. The molecule has 1 atom stereocenters. The second kappa shape index (κ2) is 2.79. The van der Waals surface area contributed by atoms with Crippen molar-refractivity contribution in [3.63, 3.8) is 0 Å². The molecule has 1 aliphatic carbocycles. The minimum absolute atomic E-state index is 0.440. The molecule has 0 aromatic rings. The maximum atomic E-state index is 3.29. The van der Waals surface area contributed by atoms with Gasteiger partial charge in [-0.1, -0.05) is 24.3 Å². The number of fused-ring (bicyclic) bond motifs is 1. The van der Waals surface area contributed by atoms with Gasteiger partial charge in [0, 0.05) is 0 Å². The van der Waals surface area contributed by atoms with E-state index in [9.17, 15) is 0 Å². The van der Waals surface area contributed by atoms with Crippen molar-refractivity contribution in [1.29, 1.82) is 0 Å². The highest BCUT2D eigenvalue weighted by Crippen LogP contribution is 2.15.